The molecule has 0 saturated heterocycles. The molecule has 90 valence electrons. The maximum absolute atomic E-state index is 11.6. The quantitative estimate of drug-likeness (QED) is 0.645. The van der Waals surface area contributed by atoms with E-state index >= 15 is 0 Å². The van der Waals surface area contributed by atoms with E-state index in [0.717, 1.165) is 5.82 Å². The van der Waals surface area contributed by atoms with Crippen molar-refractivity contribution in [2.45, 2.75) is 19.3 Å². The van der Waals surface area contributed by atoms with Crippen molar-refractivity contribution in [3.8, 4) is 0 Å². The van der Waals surface area contributed by atoms with Crippen LogP contribution in [-0.4, -0.2) is 34.0 Å². The highest BCUT2D eigenvalue weighted by Gasteiger charge is 2.17. The zero-order chi connectivity index (χ0) is 12.1. The molecule has 0 fully saturated rings. The van der Waals surface area contributed by atoms with Gasteiger partial charge in [0.25, 0.3) is 5.91 Å². The summed E-state index contributed by atoms with van der Waals surface area (Å²) in [6.07, 6.45) is 4.73. The predicted octanol–water partition coefficient (Wildman–Crippen LogP) is -0.666. The molecule has 17 heavy (non-hydrogen) atoms. The van der Waals surface area contributed by atoms with Crippen molar-refractivity contribution in [1.29, 1.82) is 0 Å². The maximum Gasteiger partial charge on any atom is 0.267 e. The topological polar surface area (TPSA) is 99.2 Å². The van der Waals surface area contributed by atoms with Crippen LogP contribution in [-0.2, 0) is 16.0 Å². The molecule has 0 radical (unpaired) electrons. The fourth-order valence-electron chi connectivity index (χ4n) is 1.47. The number of carbonyl (C=O) groups is 2. The van der Waals surface area contributed by atoms with Gasteiger partial charge in [0.1, 0.15) is 11.5 Å². The number of amides is 2. The summed E-state index contributed by atoms with van der Waals surface area (Å²) < 4.78 is 0. The van der Waals surface area contributed by atoms with Gasteiger partial charge in [0.2, 0.25) is 5.91 Å². The molecule has 0 aliphatic carbocycles. The van der Waals surface area contributed by atoms with Gasteiger partial charge in [-0.3, -0.25) is 9.59 Å². The summed E-state index contributed by atoms with van der Waals surface area (Å²) in [5.41, 5.74) is 2.65. The molecule has 2 heterocycles. The molecule has 3 N–H and O–H groups in total. The van der Waals surface area contributed by atoms with Crippen LogP contribution in [0.15, 0.2) is 17.5 Å². The normalized spacial score (nSPS) is 15.1. The highest BCUT2D eigenvalue weighted by Crippen LogP contribution is 1.99. The minimum atomic E-state index is -0.239. The first kappa shape index (κ1) is 11.3. The van der Waals surface area contributed by atoms with Crippen molar-refractivity contribution in [3.63, 3.8) is 0 Å². The summed E-state index contributed by atoms with van der Waals surface area (Å²) >= 11 is 0. The first-order chi connectivity index (χ1) is 8.25. The number of hydrogen-bond donors (Lipinski definition) is 3. The third-order valence-corrected chi connectivity index (χ3v) is 2.37. The molecule has 0 atom stereocenters. The third-order valence-electron chi connectivity index (χ3n) is 2.37. The van der Waals surface area contributed by atoms with Gasteiger partial charge in [-0.15, -0.1) is 0 Å². The molecule has 7 heteroatoms. The zero-order valence-electron chi connectivity index (χ0n) is 9.19. The summed E-state index contributed by atoms with van der Waals surface area (Å²) in [7, 11) is 0. The number of imidazole rings is 1. The van der Waals surface area contributed by atoms with Gasteiger partial charge in [0.05, 0.1) is 0 Å². The molecule has 0 saturated carbocycles. The monoisotopic (exact) mass is 235 g/mol. The molecule has 1 aromatic heterocycles. The average Bonchev–Trinajstić information content (AvgIpc) is 2.83. The molecular weight excluding hydrogens is 222 g/mol. The Morgan fingerprint density at radius 1 is 1.47 bits per heavy atom. The summed E-state index contributed by atoms with van der Waals surface area (Å²) in [4.78, 5) is 29.4. The number of aromatic nitrogens is 2. The molecule has 0 spiro atoms. The van der Waals surface area contributed by atoms with Gasteiger partial charge in [-0.2, -0.15) is 5.10 Å². The van der Waals surface area contributed by atoms with E-state index in [4.69, 9.17) is 0 Å². The van der Waals surface area contributed by atoms with Gasteiger partial charge in [-0.05, 0) is 0 Å². The Hall–Kier alpha value is -2.18. The fourth-order valence-corrected chi connectivity index (χ4v) is 1.47. The number of hydrogen-bond acceptors (Lipinski definition) is 4. The summed E-state index contributed by atoms with van der Waals surface area (Å²) in [5, 5.41) is 6.43. The number of carbonyl (C=O) groups excluding carboxylic acids is 2. The van der Waals surface area contributed by atoms with Gasteiger partial charge < -0.3 is 10.3 Å². The van der Waals surface area contributed by atoms with Crippen LogP contribution in [0.5, 0.6) is 0 Å². The van der Waals surface area contributed by atoms with E-state index in [1.54, 1.807) is 12.4 Å². The smallest absolute Gasteiger partial charge is 0.267 e. The fraction of sp³-hybridized carbons (Fsp3) is 0.400. The van der Waals surface area contributed by atoms with Crippen LogP contribution < -0.4 is 10.7 Å². The number of H-pyrrole nitrogens is 1. The Kier molecular flexibility index (Phi) is 3.49. The van der Waals surface area contributed by atoms with Crippen molar-refractivity contribution in [3.05, 3.63) is 18.2 Å². The minimum absolute atomic E-state index is 0.155. The lowest BCUT2D eigenvalue weighted by molar-refractivity contribution is -0.121. The van der Waals surface area contributed by atoms with Gasteiger partial charge in [-0.25, -0.2) is 10.4 Å². The van der Waals surface area contributed by atoms with Crippen LogP contribution in [0.4, 0.5) is 0 Å². The van der Waals surface area contributed by atoms with E-state index in [9.17, 15) is 9.59 Å². The van der Waals surface area contributed by atoms with Crippen LogP contribution in [0.2, 0.25) is 0 Å². The molecule has 1 aliphatic heterocycles. The second kappa shape index (κ2) is 5.24. The number of nitrogens with one attached hydrogen (secondary N) is 3. The third kappa shape index (κ3) is 3.13. The second-order valence-corrected chi connectivity index (χ2v) is 3.64. The summed E-state index contributed by atoms with van der Waals surface area (Å²) in [6, 6.07) is 0. The standard InChI is InChI=1S/C10H13N5O2/c16-9-2-1-7(14-15-9)10(17)13-4-3-8-11-5-6-12-8/h5-6H,1-4H2,(H,11,12)(H,13,17)(H,15,16). The van der Waals surface area contributed by atoms with E-state index in [1.165, 1.54) is 0 Å². The summed E-state index contributed by atoms with van der Waals surface area (Å²) in [6.45, 7) is 0.485. The van der Waals surface area contributed by atoms with Crippen molar-refractivity contribution >= 4 is 17.5 Å². The molecule has 0 unspecified atom stereocenters. The number of aromatic amines is 1. The lowest BCUT2D eigenvalue weighted by atomic mass is 10.1. The van der Waals surface area contributed by atoms with Gasteiger partial charge in [0, 0.05) is 38.2 Å². The zero-order valence-corrected chi connectivity index (χ0v) is 9.19. The molecule has 0 bridgehead atoms. The van der Waals surface area contributed by atoms with Crippen molar-refractivity contribution in [2.75, 3.05) is 6.54 Å². The van der Waals surface area contributed by atoms with Gasteiger partial charge >= 0.3 is 0 Å². The molecule has 2 amide bonds. The number of hydrazone groups is 1. The van der Waals surface area contributed by atoms with Crippen LogP contribution in [0.25, 0.3) is 0 Å². The first-order valence-corrected chi connectivity index (χ1v) is 5.37. The molecule has 7 nitrogen and oxygen atoms in total. The Labute approximate surface area is 97.7 Å². The Bertz CT molecular complexity index is 438. The number of nitrogens with zero attached hydrogens (tertiary/aromatic N) is 2. The van der Waals surface area contributed by atoms with Gasteiger partial charge in [0.15, 0.2) is 0 Å². The largest absolute Gasteiger partial charge is 0.350 e. The Morgan fingerprint density at radius 2 is 2.35 bits per heavy atom. The molecule has 1 aliphatic rings. The minimum Gasteiger partial charge on any atom is -0.350 e. The average molecular weight is 235 g/mol. The van der Waals surface area contributed by atoms with Crippen LogP contribution in [0, 0.1) is 0 Å². The highest BCUT2D eigenvalue weighted by molar-refractivity contribution is 6.39. The van der Waals surface area contributed by atoms with Crippen LogP contribution in [0.3, 0.4) is 0 Å². The van der Waals surface area contributed by atoms with Crippen molar-refractivity contribution in [1.82, 2.24) is 20.7 Å². The Morgan fingerprint density at radius 3 is 3.00 bits per heavy atom. The molecule has 2 rings (SSSR count). The second-order valence-electron chi connectivity index (χ2n) is 3.64. The SMILES string of the molecule is O=C1CCC(C(=O)NCCc2ncc[nH]2)=NN1. The van der Waals surface area contributed by atoms with E-state index < -0.39 is 0 Å². The Balaban J connectivity index is 1.76. The van der Waals surface area contributed by atoms with Crippen LogP contribution >= 0.6 is 0 Å². The van der Waals surface area contributed by atoms with E-state index in [0.29, 0.717) is 31.5 Å². The van der Waals surface area contributed by atoms with E-state index in [-0.39, 0.29) is 11.8 Å². The molecule has 0 aromatic carbocycles. The first-order valence-electron chi connectivity index (χ1n) is 5.37. The highest BCUT2D eigenvalue weighted by atomic mass is 16.2. The molecular formula is C10H13N5O2. The van der Waals surface area contributed by atoms with E-state index in [1.807, 2.05) is 0 Å². The summed E-state index contributed by atoms with van der Waals surface area (Å²) in [5.74, 6) is 0.429. The lowest BCUT2D eigenvalue weighted by Gasteiger charge is -2.11. The predicted molar refractivity (Wildman–Crippen MR) is 60.1 cm³/mol. The van der Waals surface area contributed by atoms with Gasteiger partial charge in [-0.1, -0.05) is 0 Å². The van der Waals surface area contributed by atoms with Crippen molar-refractivity contribution < 1.29 is 9.59 Å². The van der Waals surface area contributed by atoms with Crippen molar-refractivity contribution in [2.24, 2.45) is 5.10 Å². The molecule has 1 aromatic rings. The number of rotatable bonds is 4. The lowest BCUT2D eigenvalue weighted by Crippen LogP contribution is -2.37. The van der Waals surface area contributed by atoms with E-state index in [2.05, 4.69) is 25.8 Å². The maximum atomic E-state index is 11.6. The van der Waals surface area contributed by atoms with Crippen LogP contribution in [0.1, 0.15) is 18.7 Å².